The van der Waals surface area contributed by atoms with Gasteiger partial charge in [0.25, 0.3) is 0 Å². The highest BCUT2D eigenvalue weighted by atomic mass is 17.5. The third-order valence-corrected chi connectivity index (χ3v) is 8.26. The van der Waals surface area contributed by atoms with Crippen LogP contribution in [0.4, 0.5) is 14.4 Å². The average molecular weight is 825 g/mol. The largest absolute Gasteiger partial charge is 0.513 e. The van der Waals surface area contributed by atoms with E-state index in [1.54, 1.807) is 6.07 Å². The first kappa shape index (κ1) is 46.2. The van der Waals surface area contributed by atoms with Gasteiger partial charge in [-0.3, -0.25) is 4.79 Å². The molecule has 3 rings (SSSR count). The summed E-state index contributed by atoms with van der Waals surface area (Å²) in [6.07, 6.45) is -4.41. The van der Waals surface area contributed by atoms with Crippen molar-refractivity contribution in [3.63, 3.8) is 0 Å². The summed E-state index contributed by atoms with van der Waals surface area (Å²) in [5.41, 5.74) is -0.607. The molecule has 0 aliphatic heterocycles. The summed E-state index contributed by atoms with van der Waals surface area (Å²) in [5, 5.41) is 35.6. The highest BCUT2D eigenvalue weighted by Crippen LogP contribution is 2.43. The van der Waals surface area contributed by atoms with Crippen LogP contribution >= 0.6 is 0 Å². The molecule has 1 fully saturated rings. The normalized spacial score (nSPS) is 18.8. The zero-order chi connectivity index (χ0) is 42.7. The van der Waals surface area contributed by atoms with Crippen LogP contribution in [0.15, 0.2) is 48.6 Å². The minimum Gasteiger partial charge on any atom is -0.469 e. The number of carbonyl (C=O) groups excluding carboxylic acids is 6. The van der Waals surface area contributed by atoms with E-state index >= 15 is 0 Å². The Kier molecular flexibility index (Phi) is 18.5. The lowest BCUT2D eigenvalue weighted by molar-refractivity contribution is -0.491. The fourth-order valence-corrected chi connectivity index (χ4v) is 5.62. The molecule has 0 spiro atoms. The minimum absolute atomic E-state index is 0.0222. The number of hydrogen-bond acceptors (Lipinski definition) is 22. The second-order valence-corrected chi connectivity index (χ2v) is 11.8. The summed E-state index contributed by atoms with van der Waals surface area (Å²) in [4.78, 5) is 83.7. The molecule has 316 valence electrons. The van der Waals surface area contributed by atoms with Crippen LogP contribution in [0, 0.1) is 5.41 Å². The molecule has 0 aromatic heterocycles. The lowest BCUT2D eigenvalue weighted by Crippen LogP contribution is -2.55. The van der Waals surface area contributed by atoms with Gasteiger partial charge in [-0.05, 0) is 59.9 Å². The molecule has 0 saturated heterocycles. The van der Waals surface area contributed by atoms with E-state index in [9.17, 15) is 33.9 Å². The van der Waals surface area contributed by atoms with E-state index in [2.05, 4.69) is 34.1 Å². The Morgan fingerprint density at radius 1 is 0.672 bits per heavy atom. The van der Waals surface area contributed by atoms with Crippen molar-refractivity contribution in [2.75, 3.05) is 41.7 Å². The van der Waals surface area contributed by atoms with E-state index < -0.39 is 60.1 Å². The smallest absolute Gasteiger partial charge is 0.469 e. The summed E-state index contributed by atoms with van der Waals surface area (Å²) in [7, 11) is 4.29. The second kappa shape index (κ2) is 23.2. The fourth-order valence-electron chi connectivity index (χ4n) is 5.62. The van der Waals surface area contributed by atoms with Crippen molar-refractivity contribution in [2.45, 2.75) is 44.0 Å². The van der Waals surface area contributed by atoms with Crippen molar-refractivity contribution in [2.24, 2.45) is 5.41 Å². The van der Waals surface area contributed by atoms with E-state index in [1.165, 1.54) is 42.5 Å². The molecule has 0 heterocycles. The topological polar surface area (TPSA) is 283 Å². The van der Waals surface area contributed by atoms with Crippen LogP contribution in [0.5, 0.6) is 17.2 Å². The predicted octanol–water partition coefficient (Wildman–Crippen LogP) is 3.76. The molecule has 0 bridgehead atoms. The van der Waals surface area contributed by atoms with Gasteiger partial charge in [0.05, 0.1) is 53.2 Å². The van der Waals surface area contributed by atoms with Gasteiger partial charge in [0.15, 0.2) is 17.6 Å². The van der Waals surface area contributed by atoms with Crippen LogP contribution in [-0.4, -0.2) is 112 Å². The zero-order valence-electron chi connectivity index (χ0n) is 31.3. The summed E-state index contributed by atoms with van der Waals surface area (Å²) >= 11 is 0. The van der Waals surface area contributed by atoms with Gasteiger partial charge < -0.3 is 47.7 Å². The van der Waals surface area contributed by atoms with Gasteiger partial charge in [-0.1, -0.05) is 28.3 Å². The molecule has 2 aromatic rings. The Labute approximate surface area is 328 Å². The maximum Gasteiger partial charge on any atom is 0.513 e. The van der Waals surface area contributed by atoms with Crippen molar-refractivity contribution < 1.29 is 107 Å². The summed E-state index contributed by atoms with van der Waals surface area (Å²) in [6, 6.07) is 8.28. The lowest BCUT2D eigenvalue weighted by atomic mass is 9.68. The predicted molar refractivity (Wildman–Crippen MR) is 187 cm³/mol. The zero-order valence-corrected chi connectivity index (χ0v) is 31.3. The first-order valence-corrected chi connectivity index (χ1v) is 16.8. The van der Waals surface area contributed by atoms with E-state index in [4.69, 9.17) is 38.9 Å². The number of ether oxygens (including phenoxy) is 9. The first-order valence-electron chi connectivity index (χ1n) is 16.8. The standard InChI is InChI=1S/C36H40O22/c1-46-32(40)36(14-16-51-58-45)19-24(37)31(56-30(39)12-8-22-6-10-25(53-33(41)47-2)27(18-22)55-35(43)49-4)28(20-36)52-29(38)11-7-21-5-9-23(13-15-50-57-44)26(17-21)54-34(42)48-3/h5-12,17-18,24,28,31,37,44-45H,13-16,19-20H2,1-4H3/b11-7+,12-8+/t24-,28-,31+,36+/m1/s1. The van der Waals surface area contributed by atoms with Crippen LogP contribution in [0.3, 0.4) is 0 Å². The van der Waals surface area contributed by atoms with Gasteiger partial charge >= 0.3 is 36.4 Å². The fraction of sp³-hybridized carbons (Fsp3) is 0.389. The number of rotatable bonds is 18. The van der Waals surface area contributed by atoms with Crippen LogP contribution < -0.4 is 14.2 Å². The minimum atomic E-state index is -1.64. The molecule has 1 aliphatic rings. The third kappa shape index (κ3) is 13.8. The first-order chi connectivity index (χ1) is 27.8. The Hall–Kier alpha value is -6.14. The molecule has 3 N–H and O–H groups in total. The van der Waals surface area contributed by atoms with Gasteiger partial charge in [-0.2, -0.15) is 0 Å². The molecule has 22 nitrogen and oxygen atoms in total. The summed E-state index contributed by atoms with van der Waals surface area (Å²) < 4.78 is 44.8. The quantitative estimate of drug-likeness (QED) is 0.0367. The van der Waals surface area contributed by atoms with Crippen LogP contribution in [0.2, 0.25) is 0 Å². The molecule has 4 atom stereocenters. The monoisotopic (exact) mass is 824 g/mol. The van der Waals surface area contributed by atoms with E-state index in [-0.39, 0.29) is 61.7 Å². The molecular weight excluding hydrogens is 784 g/mol. The van der Waals surface area contributed by atoms with E-state index in [0.717, 1.165) is 40.6 Å². The Bertz CT molecular complexity index is 1810. The Morgan fingerprint density at radius 3 is 1.79 bits per heavy atom. The molecule has 0 radical (unpaired) electrons. The number of methoxy groups -OCH3 is 4. The number of aliphatic hydroxyl groups excluding tert-OH is 1. The number of aliphatic hydroxyl groups is 1. The van der Waals surface area contributed by atoms with Gasteiger partial charge in [-0.15, -0.1) is 0 Å². The Morgan fingerprint density at radius 2 is 1.21 bits per heavy atom. The van der Waals surface area contributed by atoms with Crippen molar-refractivity contribution >= 4 is 48.5 Å². The van der Waals surface area contributed by atoms with Gasteiger partial charge in [0.1, 0.15) is 11.9 Å². The van der Waals surface area contributed by atoms with Crippen molar-refractivity contribution in [3.05, 3.63) is 65.2 Å². The molecule has 22 heteroatoms. The number of hydrogen-bond donors (Lipinski definition) is 3. The molecule has 0 unspecified atom stereocenters. The van der Waals surface area contributed by atoms with Crippen molar-refractivity contribution in [3.8, 4) is 17.2 Å². The molecule has 1 aliphatic carbocycles. The highest BCUT2D eigenvalue weighted by Gasteiger charge is 2.53. The van der Waals surface area contributed by atoms with Gasteiger partial charge in [0.2, 0.25) is 0 Å². The van der Waals surface area contributed by atoms with Gasteiger partial charge in [-0.25, -0.2) is 44.3 Å². The number of benzene rings is 2. The van der Waals surface area contributed by atoms with E-state index in [1.807, 2.05) is 0 Å². The molecule has 2 aromatic carbocycles. The highest BCUT2D eigenvalue weighted by molar-refractivity contribution is 5.89. The molecule has 0 amide bonds. The SMILES string of the molecule is COC(=O)Oc1cc(/C=C/C(=O)O[C@@H]2C[C@@](CCOOO)(C(=O)OC)C[C@@H](O)[C@@H]2OC(=O)/C=C/c2ccc(OC(=O)OC)c(OC(=O)OC)c2)ccc1CCOOO. The second-order valence-electron chi connectivity index (χ2n) is 11.8. The molecule has 1 saturated carbocycles. The third-order valence-electron chi connectivity index (χ3n) is 8.26. The van der Waals surface area contributed by atoms with Crippen molar-refractivity contribution in [1.82, 2.24) is 0 Å². The van der Waals surface area contributed by atoms with Gasteiger partial charge in [0, 0.05) is 25.0 Å². The summed E-state index contributed by atoms with van der Waals surface area (Å²) in [6.45, 7) is -0.493. The maximum absolute atomic E-state index is 13.3. The lowest BCUT2D eigenvalue weighted by Gasteiger charge is -2.43. The Balaban J connectivity index is 1.90. The molecular formula is C36H40O22. The van der Waals surface area contributed by atoms with E-state index in [0.29, 0.717) is 11.1 Å². The molecule has 58 heavy (non-hydrogen) atoms. The van der Waals surface area contributed by atoms with Crippen LogP contribution in [0.1, 0.15) is 36.0 Å². The number of carbonyl (C=O) groups is 6. The van der Waals surface area contributed by atoms with Crippen molar-refractivity contribution in [1.29, 1.82) is 0 Å². The maximum atomic E-state index is 13.3. The number of esters is 3. The average Bonchev–Trinajstić information content (AvgIpc) is 3.21. The summed E-state index contributed by atoms with van der Waals surface area (Å²) in [5.74, 6) is -3.40. The van der Waals surface area contributed by atoms with Crippen LogP contribution in [0.25, 0.3) is 12.2 Å². The van der Waals surface area contributed by atoms with Crippen LogP contribution in [-0.2, 0) is 69.1 Å².